The summed E-state index contributed by atoms with van der Waals surface area (Å²) >= 11 is 0. The van der Waals surface area contributed by atoms with Crippen LogP contribution >= 0.6 is 0 Å². The molecule has 0 bridgehead atoms. The highest BCUT2D eigenvalue weighted by Gasteiger charge is 2.36. The monoisotopic (exact) mass is 430 g/mol. The molecule has 1 fully saturated rings. The zero-order chi connectivity index (χ0) is 22.5. The summed E-state index contributed by atoms with van der Waals surface area (Å²) in [6, 6.07) is 24.9. The molecular formula is C27H27FN2O2. The molecule has 1 aliphatic rings. The Bertz CT molecular complexity index is 1050. The van der Waals surface area contributed by atoms with Crippen molar-refractivity contribution in [2.75, 3.05) is 6.54 Å². The molecule has 1 aliphatic heterocycles. The Morgan fingerprint density at radius 3 is 2.19 bits per heavy atom. The van der Waals surface area contributed by atoms with Crippen LogP contribution in [0.3, 0.4) is 0 Å². The Morgan fingerprint density at radius 2 is 1.53 bits per heavy atom. The first kappa shape index (κ1) is 21.8. The molecule has 5 heteroatoms. The van der Waals surface area contributed by atoms with Gasteiger partial charge in [0.2, 0.25) is 5.91 Å². The third-order valence-corrected chi connectivity index (χ3v) is 6.15. The molecule has 0 spiro atoms. The van der Waals surface area contributed by atoms with E-state index >= 15 is 0 Å². The number of piperidine rings is 1. The van der Waals surface area contributed by atoms with E-state index in [0.29, 0.717) is 24.9 Å². The molecule has 32 heavy (non-hydrogen) atoms. The first-order valence-corrected chi connectivity index (χ1v) is 11.0. The van der Waals surface area contributed by atoms with Crippen LogP contribution in [0.4, 0.5) is 4.39 Å². The van der Waals surface area contributed by atoms with Crippen LogP contribution in [0.1, 0.15) is 53.3 Å². The van der Waals surface area contributed by atoms with Crippen LogP contribution in [0.5, 0.6) is 0 Å². The van der Waals surface area contributed by atoms with Gasteiger partial charge < -0.3 is 10.2 Å². The van der Waals surface area contributed by atoms with Crippen LogP contribution in [0, 0.1) is 11.7 Å². The van der Waals surface area contributed by atoms with E-state index in [0.717, 1.165) is 11.1 Å². The van der Waals surface area contributed by atoms with E-state index in [1.54, 1.807) is 29.2 Å². The van der Waals surface area contributed by atoms with Crippen LogP contribution in [0.15, 0.2) is 84.9 Å². The van der Waals surface area contributed by atoms with Gasteiger partial charge in [0.25, 0.3) is 5.91 Å². The first-order chi connectivity index (χ1) is 15.5. The molecule has 0 aliphatic carbocycles. The second kappa shape index (κ2) is 9.77. The van der Waals surface area contributed by atoms with Crippen LogP contribution in [0.2, 0.25) is 0 Å². The summed E-state index contributed by atoms with van der Waals surface area (Å²) in [6.45, 7) is 2.29. The van der Waals surface area contributed by atoms with Crippen molar-refractivity contribution in [1.82, 2.24) is 10.2 Å². The number of rotatable bonds is 5. The van der Waals surface area contributed by atoms with Gasteiger partial charge in [-0.15, -0.1) is 0 Å². The van der Waals surface area contributed by atoms with Gasteiger partial charge in [-0.25, -0.2) is 4.39 Å². The summed E-state index contributed by atoms with van der Waals surface area (Å²) in [5, 5.41) is 3.10. The fourth-order valence-electron chi connectivity index (χ4n) is 4.34. The van der Waals surface area contributed by atoms with Crippen molar-refractivity contribution in [3.63, 3.8) is 0 Å². The number of likely N-dealkylation sites (tertiary alicyclic amines) is 1. The highest BCUT2D eigenvalue weighted by Crippen LogP contribution is 2.35. The molecule has 3 atom stereocenters. The van der Waals surface area contributed by atoms with Crippen molar-refractivity contribution in [3.05, 3.63) is 107 Å². The number of benzene rings is 3. The third kappa shape index (κ3) is 4.88. The van der Waals surface area contributed by atoms with E-state index in [1.165, 1.54) is 12.1 Å². The molecule has 1 heterocycles. The molecule has 0 saturated carbocycles. The van der Waals surface area contributed by atoms with Gasteiger partial charge in [0, 0.05) is 12.1 Å². The van der Waals surface area contributed by atoms with Gasteiger partial charge in [-0.1, -0.05) is 60.7 Å². The molecule has 1 saturated heterocycles. The summed E-state index contributed by atoms with van der Waals surface area (Å²) in [5.41, 5.74) is 2.50. The Balaban J connectivity index is 1.54. The maximum Gasteiger partial charge on any atom is 0.254 e. The molecule has 3 unspecified atom stereocenters. The lowest BCUT2D eigenvalue weighted by Gasteiger charge is -2.40. The standard InChI is InChI=1S/C27H27FN2O2/c1-19(20-8-4-2-5-9-20)29-26(31)23-14-17-25(21-12-15-24(28)16-13-21)30(18-23)27(32)22-10-6-3-7-11-22/h2-13,15-16,19,23,25H,14,17-18H2,1H3,(H,29,31). The Labute approximate surface area is 188 Å². The van der Waals surface area contributed by atoms with E-state index in [-0.39, 0.29) is 35.6 Å². The van der Waals surface area contributed by atoms with Crippen molar-refractivity contribution in [3.8, 4) is 0 Å². The number of carbonyl (C=O) groups is 2. The Kier molecular flexibility index (Phi) is 6.64. The highest BCUT2D eigenvalue weighted by atomic mass is 19.1. The zero-order valence-electron chi connectivity index (χ0n) is 18.1. The minimum Gasteiger partial charge on any atom is -0.349 e. The van der Waals surface area contributed by atoms with Crippen molar-refractivity contribution in [1.29, 1.82) is 0 Å². The predicted octanol–water partition coefficient (Wildman–Crippen LogP) is 5.30. The van der Waals surface area contributed by atoms with E-state index in [9.17, 15) is 14.0 Å². The summed E-state index contributed by atoms with van der Waals surface area (Å²) < 4.78 is 13.5. The Morgan fingerprint density at radius 1 is 0.906 bits per heavy atom. The number of amides is 2. The lowest BCUT2D eigenvalue weighted by molar-refractivity contribution is -0.127. The quantitative estimate of drug-likeness (QED) is 0.597. The molecule has 2 amide bonds. The van der Waals surface area contributed by atoms with Crippen LogP contribution < -0.4 is 5.32 Å². The van der Waals surface area contributed by atoms with Gasteiger partial charge in [-0.2, -0.15) is 0 Å². The minimum absolute atomic E-state index is 0.0511. The average molecular weight is 431 g/mol. The van der Waals surface area contributed by atoms with E-state index in [4.69, 9.17) is 0 Å². The Hall–Kier alpha value is -3.47. The molecule has 4 rings (SSSR count). The predicted molar refractivity (Wildman–Crippen MR) is 122 cm³/mol. The van der Waals surface area contributed by atoms with Crippen molar-refractivity contribution >= 4 is 11.8 Å². The van der Waals surface area contributed by atoms with E-state index in [2.05, 4.69) is 5.32 Å². The maximum absolute atomic E-state index is 13.5. The van der Waals surface area contributed by atoms with Crippen molar-refractivity contribution in [2.24, 2.45) is 5.92 Å². The van der Waals surface area contributed by atoms with Crippen LogP contribution in [-0.2, 0) is 4.79 Å². The summed E-state index contributed by atoms with van der Waals surface area (Å²) in [7, 11) is 0. The van der Waals surface area contributed by atoms with Gasteiger partial charge in [0.15, 0.2) is 0 Å². The van der Waals surface area contributed by atoms with Gasteiger partial charge in [-0.3, -0.25) is 9.59 Å². The van der Waals surface area contributed by atoms with Gasteiger partial charge in [-0.05, 0) is 55.2 Å². The number of carbonyl (C=O) groups excluding carboxylic acids is 2. The van der Waals surface area contributed by atoms with Crippen molar-refractivity contribution in [2.45, 2.75) is 31.8 Å². The largest absolute Gasteiger partial charge is 0.349 e. The molecule has 3 aromatic carbocycles. The zero-order valence-corrected chi connectivity index (χ0v) is 18.1. The highest BCUT2D eigenvalue weighted by molar-refractivity contribution is 5.95. The van der Waals surface area contributed by atoms with Crippen LogP contribution in [0.25, 0.3) is 0 Å². The summed E-state index contributed by atoms with van der Waals surface area (Å²) in [4.78, 5) is 28.2. The smallest absolute Gasteiger partial charge is 0.254 e. The SMILES string of the molecule is CC(NC(=O)C1CCC(c2ccc(F)cc2)N(C(=O)c2ccccc2)C1)c1ccccc1. The van der Waals surface area contributed by atoms with Crippen molar-refractivity contribution < 1.29 is 14.0 Å². The molecular weight excluding hydrogens is 403 g/mol. The number of halogens is 1. The van der Waals surface area contributed by atoms with Gasteiger partial charge in [0.05, 0.1) is 18.0 Å². The average Bonchev–Trinajstić information content (AvgIpc) is 2.85. The molecule has 3 aromatic rings. The number of nitrogens with zero attached hydrogens (tertiary/aromatic N) is 1. The summed E-state index contributed by atoms with van der Waals surface area (Å²) in [5.74, 6) is -0.776. The molecule has 1 N–H and O–H groups in total. The second-order valence-corrected chi connectivity index (χ2v) is 8.31. The molecule has 4 nitrogen and oxygen atoms in total. The fourth-order valence-corrected chi connectivity index (χ4v) is 4.34. The molecule has 0 radical (unpaired) electrons. The third-order valence-electron chi connectivity index (χ3n) is 6.15. The normalized spacial score (nSPS) is 19.2. The lowest BCUT2D eigenvalue weighted by atomic mass is 9.87. The fraction of sp³-hybridized carbons (Fsp3) is 0.259. The molecule has 164 valence electrons. The van der Waals surface area contributed by atoms with E-state index < -0.39 is 0 Å². The number of hydrogen-bond acceptors (Lipinski definition) is 2. The van der Waals surface area contributed by atoms with Crippen LogP contribution in [-0.4, -0.2) is 23.3 Å². The topological polar surface area (TPSA) is 49.4 Å². The number of hydrogen-bond donors (Lipinski definition) is 1. The molecule has 0 aromatic heterocycles. The minimum atomic E-state index is -0.308. The van der Waals surface area contributed by atoms with Gasteiger partial charge in [0.1, 0.15) is 5.82 Å². The second-order valence-electron chi connectivity index (χ2n) is 8.31. The van der Waals surface area contributed by atoms with E-state index in [1.807, 2.05) is 55.5 Å². The van der Waals surface area contributed by atoms with Gasteiger partial charge >= 0.3 is 0 Å². The maximum atomic E-state index is 13.5. The summed E-state index contributed by atoms with van der Waals surface area (Å²) in [6.07, 6.45) is 1.30. The lowest BCUT2D eigenvalue weighted by Crippen LogP contribution is -2.47. The first-order valence-electron chi connectivity index (χ1n) is 11.0. The number of nitrogens with one attached hydrogen (secondary N) is 1.